The molecule has 3 rings (SSSR count). The summed E-state index contributed by atoms with van der Waals surface area (Å²) in [4.78, 5) is 4.16. The van der Waals surface area contributed by atoms with Crippen molar-refractivity contribution in [1.29, 1.82) is 0 Å². The highest BCUT2D eigenvalue weighted by atomic mass is 79.9. The Hall–Kier alpha value is -1.96. The molecule has 0 radical (unpaired) electrons. The first-order valence-electron chi connectivity index (χ1n) is 7.56. The SMILES string of the molecule is COCCc1ccc(OS(=O)(=O)c2cccc3cncc(Br)c23)cc1. The third-order valence-electron chi connectivity index (χ3n) is 3.69. The average molecular weight is 422 g/mol. The molecule has 5 nitrogen and oxygen atoms in total. The molecule has 130 valence electrons. The molecule has 0 bridgehead atoms. The number of hydrogen-bond acceptors (Lipinski definition) is 5. The van der Waals surface area contributed by atoms with Gasteiger partial charge in [-0.25, -0.2) is 0 Å². The van der Waals surface area contributed by atoms with E-state index >= 15 is 0 Å². The molecule has 0 amide bonds. The van der Waals surface area contributed by atoms with Crippen LogP contribution in [0.1, 0.15) is 5.56 Å². The summed E-state index contributed by atoms with van der Waals surface area (Å²) in [6, 6.07) is 11.9. The number of fused-ring (bicyclic) bond motifs is 1. The molecule has 1 aromatic heterocycles. The van der Waals surface area contributed by atoms with Crippen molar-refractivity contribution >= 4 is 36.8 Å². The van der Waals surface area contributed by atoms with Crippen LogP contribution in [0.5, 0.6) is 5.75 Å². The van der Waals surface area contributed by atoms with Crippen molar-refractivity contribution in [2.45, 2.75) is 11.3 Å². The Bertz CT molecular complexity index is 982. The van der Waals surface area contributed by atoms with Crippen molar-refractivity contribution in [2.24, 2.45) is 0 Å². The van der Waals surface area contributed by atoms with Crippen LogP contribution in [0.2, 0.25) is 0 Å². The standard InChI is InChI=1S/C18H16BrNO4S/c1-23-10-9-13-5-7-15(8-6-13)24-25(21,22)17-4-2-3-14-11-20-12-16(19)18(14)17/h2-8,11-12H,9-10H2,1H3. The monoisotopic (exact) mass is 421 g/mol. The van der Waals surface area contributed by atoms with Crippen molar-refractivity contribution < 1.29 is 17.3 Å². The highest BCUT2D eigenvalue weighted by molar-refractivity contribution is 9.10. The summed E-state index contributed by atoms with van der Waals surface area (Å²) in [5.74, 6) is 0.267. The molecule has 0 aliphatic carbocycles. The summed E-state index contributed by atoms with van der Waals surface area (Å²) in [6.45, 7) is 0.608. The van der Waals surface area contributed by atoms with Crippen molar-refractivity contribution in [3.63, 3.8) is 0 Å². The Balaban J connectivity index is 1.93. The molecule has 0 aliphatic heterocycles. The summed E-state index contributed by atoms with van der Waals surface area (Å²) in [6.07, 6.45) is 3.93. The van der Waals surface area contributed by atoms with Gasteiger partial charge in [-0.15, -0.1) is 0 Å². The number of nitrogens with zero attached hydrogens (tertiary/aromatic N) is 1. The van der Waals surface area contributed by atoms with Crippen LogP contribution < -0.4 is 4.18 Å². The Morgan fingerprint density at radius 2 is 1.84 bits per heavy atom. The van der Waals surface area contributed by atoms with Gasteiger partial charge in [0, 0.05) is 34.7 Å². The van der Waals surface area contributed by atoms with Crippen LogP contribution in [0, 0.1) is 0 Å². The Morgan fingerprint density at radius 3 is 2.56 bits per heavy atom. The zero-order valence-electron chi connectivity index (χ0n) is 13.5. The zero-order valence-corrected chi connectivity index (χ0v) is 15.9. The van der Waals surface area contributed by atoms with Gasteiger partial charge in [0.1, 0.15) is 10.6 Å². The molecule has 2 aromatic carbocycles. The minimum atomic E-state index is -3.97. The third kappa shape index (κ3) is 4.00. The number of ether oxygens (including phenoxy) is 1. The second-order valence-corrected chi connectivity index (χ2v) is 7.77. The predicted molar refractivity (Wildman–Crippen MR) is 99.3 cm³/mol. The van der Waals surface area contributed by atoms with Gasteiger partial charge >= 0.3 is 10.1 Å². The highest BCUT2D eigenvalue weighted by Crippen LogP contribution is 2.31. The molecule has 0 aliphatic rings. The first-order chi connectivity index (χ1) is 12.0. The van der Waals surface area contributed by atoms with Crippen molar-refractivity contribution in [3.8, 4) is 5.75 Å². The fraction of sp³-hybridized carbons (Fsp3) is 0.167. The lowest BCUT2D eigenvalue weighted by Crippen LogP contribution is -2.10. The maximum atomic E-state index is 12.7. The third-order valence-corrected chi connectivity index (χ3v) is 5.58. The summed E-state index contributed by atoms with van der Waals surface area (Å²) in [7, 11) is -2.33. The van der Waals surface area contributed by atoms with Gasteiger partial charge in [-0.2, -0.15) is 8.42 Å². The number of pyridine rings is 1. The normalized spacial score (nSPS) is 11.6. The Morgan fingerprint density at radius 1 is 1.08 bits per heavy atom. The average Bonchev–Trinajstić information content (AvgIpc) is 2.61. The molecule has 0 saturated carbocycles. The van der Waals surface area contributed by atoms with Crippen LogP contribution in [0.15, 0.2) is 64.2 Å². The van der Waals surface area contributed by atoms with E-state index < -0.39 is 10.1 Å². The lowest BCUT2D eigenvalue weighted by atomic mass is 10.1. The van der Waals surface area contributed by atoms with E-state index in [4.69, 9.17) is 8.92 Å². The van der Waals surface area contributed by atoms with Crippen LogP contribution in [-0.2, 0) is 21.3 Å². The molecule has 0 atom stereocenters. The molecule has 0 unspecified atom stereocenters. The predicted octanol–water partition coefficient (Wildman–Crippen LogP) is 3.95. The maximum absolute atomic E-state index is 12.7. The van der Waals surface area contributed by atoms with E-state index in [1.807, 2.05) is 12.1 Å². The van der Waals surface area contributed by atoms with Crippen LogP contribution >= 0.6 is 15.9 Å². The molecular formula is C18H16BrNO4S. The number of rotatable bonds is 6. The van der Waals surface area contributed by atoms with E-state index in [9.17, 15) is 8.42 Å². The second kappa shape index (κ2) is 7.51. The summed E-state index contributed by atoms with van der Waals surface area (Å²) in [5, 5.41) is 1.27. The van der Waals surface area contributed by atoms with E-state index in [0.29, 0.717) is 21.9 Å². The summed E-state index contributed by atoms with van der Waals surface area (Å²) >= 11 is 3.36. The Kier molecular flexibility index (Phi) is 5.36. The van der Waals surface area contributed by atoms with Gasteiger partial charge in [-0.1, -0.05) is 24.3 Å². The van der Waals surface area contributed by atoms with Gasteiger partial charge in [0.05, 0.1) is 6.61 Å². The van der Waals surface area contributed by atoms with E-state index in [1.165, 1.54) is 6.07 Å². The lowest BCUT2D eigenvalue weighted by molar-refractivity contribution is 0.202. The minimum absolute atomic E-state index is 0.0998. The lowest BCUT2D eigenvalue weighted by Gasteiger charge is -2.11. The van der Waals surface area contributed by atoms with Crippen molar-refractivity contribution in [3.05, 3.63) is 64.9 Å². The van der Waals surface area contributed by atoms with Crippen LogP contribution in [0.3, 0.4) is 0 Å². The van der Waals surface area contributed by atoms with Gasteiger partial charge in [-0.3, -0.25) is 4.98 Å². The Labute approximate surface area is 154 Å². The van der Waals surface area contributed by atoms with Crippen molar-refractivity contribution in [1.82, 2.24) is 4.98 Å². The van der Waals surface area contributed by atoms with Gasteiger partial charge in [0.15, 0.2) is 0 Å². The van der Waals surface area contributed by atoms with Gasteiger partial charge < -0.3 is 8.92 Å². The van der Waals surface area contributed by atoms with E-state index in [0.717, 1.165) is 12.0 Å². The molecule has 0 saturated heterocycles. The quantitative estimate of drug-likeness (QED) is 0.563. The van der Waals surface area contributed by atoms with Crippen LogP contribution in [0.4, 0.5) is 0 Å². The molecule has 0 N–H and O–H groups in total. The summed E-state index contributed by atoms with van der Waals surface area (Å²) in [5.41, 5.74) is 1.05. The number of aromatic nitrogens is 1. The highest BCUT2D eigenvalue weighted by Gasteiger charge is 2.21. The largest absolute Gasteiger partial charge is 0.384 e. The topological polar surface area (TPSA) is 65.5 Å². The van der Waals surface area contributed by atoms with Gasteiger partial charge in [0.2, 0.25) is 0 Å². The molecule has 1 heterocycles. The smallest absolute Gasteiger partial charge is 0.339 e. The second-order valence-electron chi connectivity index (χ2n) is 5.40. The number of halogens is 1. The number of methoxy groups -OCH3 is 1. The molecule has 25 heavy (non-hydrogen) atoms. The molecule has 3 aromatic rings. The van der Waals surface area contributed by atoms with E-state index in [2.05, 4.69) is 20.9 Å². The van der Waals surface area contributed by atoms with Gasteiger partial charge in [-0.05, 0) is 46.1 Å². The maximum Gasteiger partial charge on any atom is 0.339 e. The zero-order chi connectivity index (χ0) is 17.9. The van der Waals surface area contributed by atoms with Crippen molar-refractivity contribution in [2.75, 3.05) is 13.7 Å². The number of benzene rings is 2. The fourth-order valence-electron chi connectivity index (χ4n) is 2.47. The van der Waals surface area contributed by atoms with Crippen LogP contribution in [-0.4, -0.2) is 27.1 Å². The van der Waals surface area contributed by atoms with E-state index in [-0.39, 0.29) is 10.6 Å². The number of hydrogen-bond donors (Lipinski definition) is 0. The molecule has 0 spiro atoms. The molecule has 0 fully saturated rings. The van der Waals surface area contributed by atoms with Crippen LogP contribution in [0.25, 0.3) is 10.8 Å². The minimum Gasteiger partial charge on any atom is -0.384 e. The van der Waals surface area contributed by atoms with E-state index in [1.54, 1.807) is 43.8 Å². The summed E-state index contributed by atoms with van der Waals surface area (Å²) < 4.78 is 36.4. The molecule has 7 heteroatoms. The molecular weight excluding hydrogens is 406 g/mol. The first kappa shape index (κ1) is 17.8. The first-order valence-corrected chi connectivity index (χ1v) is 9.76. The fourth-order valence-corrected chi connectivity index (χ4v) is 4.34. The van der Waals surface area contributed by atoms with Gasteiger partial charge in [0.25, 0.3) is 0 Å².